The van der Waals surface area contributed by atoms with E-state index in [1.54, 1.807) is 18.0 Å². The molecule has 0 atom stereocenters. The Labute approximate surface area is 107 Å². The van der Waals surface area contributed by atoms with Crippen molar-refractivity contribution in [3.05, 3.63) is 29.2 Å². The minimum atomic E-state index is -3.23. The molecule has 5 nitrogen and oxygen atoms in total. The van der Waals surface area contributed by atoms with Gasteiger partial charge in [0.25, 0.3) is 0 Å². The zero-order valence-electron chi connectivity index (χ0n) is 8.99. The second kappa shape index (κ2) is 5.19. The average molecular weight is 290 g/mol. The van der Waals surface area contributed by atoms with Crippen LogP contribution < -0.4 is 0 Å². The van der Waals surface area contributed by atoms with Crippen LogP contribution in [0, 0.1) is 0 Å². The van der Waals surface area contributed by atoms with Gasteiger partial charge < -0.3 is 4.42 Å². The van der Waals surface area contributed by atoms with Crippen LogP contribution in [-0.2, 0) is 21.3 Å². The topological polar surface area (TPSA) is 73.1 Å². The maximum atomic E-state index is 11.2. The summed E-state index contributed by atoms with van der Waals surface area (Å²) >= 11 is 2.72. The van der Waals surface area contributed by atoms with Crippen molar-refractivity contribution in [2.24, 2.45) is 0 Å². The third-order valence-corrected chi connectivity index (χ3v) is 5.56. The summed E-state index contributed by atoms with van der Waals surface area (Å²) in [6.07, 6.45) is 2.76. The lowest BCUT2D eigenvalue weighted by atomic mass is 10.5. The van der Waals surface area contributed by atoms with Crippen LogP contribution in [0.5, 0.6) is 0 Å². The molecule has 0 amide bonds. The summed E-state index contributed by atoms with van der Waals surface area (Å²) < 4.78 is 27.6. The lowest BCUT2D eigenvalue weighted by Crippen LogP contribution is -1.95. The molecule has 2 aromatic rings. The van der Waals surface area contributed by atoms with E-state index < -0.39 is 9.84 Å². The number of thioether (sulfide) groups is 1. The van der Waals surface area contributed by atoms with Gasteiger partial charge in [-0.05, 0) is 12.1 Å². The highest BCUT2D eigenvalue weighted by Gasteiger charge is 2.14. The molecule has 92 valence electrons. The Morgan fingerprint density at radius 2 is 2.24 bits per heavy atom. The standard InChI is InChI=1S/C9H10N2O3S3/c1-17(12,13)9-11-10-8(16-9)6-15-5-7-3-2-4-14-7/h2-4H,5-6H2,1H3. The monoisotopic (exact) mass is 290 g/mol. The molecule has 0 N–H and O–H groups in total. The van der Waals surface area contributed by atoms with Crippen LogP contribution in [0.1, 0.15) is 10.8 Å². The average Bonchev–Trinajstić information content (AvgIpc) is 2.86. The number of hydrogen-bond acceptors (Lipinski definition) is 7. The second-order valence-corrected chi connectivity index (χ2v) is 7.54. The fourth-order valence-electron chi connectivity index (χ4n) is 1.08. The third-order valence-electron chi connectivity index (χ3n) is 1.82. The van der Waals surface area contributed by atoms with E-state index in [9.17, 15) is 8.42 Å². The molecule has 8 heteroatoms. The predicted molar refractivity (Wildman–Crippen MR) is 66.7 cm³/mol. The molecule has 0 aliphatic carbocycles. The van der Waals surface area contributed by atoms with Gasteiger partial charge in [0.05, 0.1) is 12.0 Å². The smallest absolute Gasteiger partial charge is 0.232 e. The van der Waals surface area contributed by atoms with Crippen LogP contribution in [0.25, 0.3) is 0 Å². The van der Waals surface area contributed by atoms with Gasteiger partial charge >= 0.3 is 0 Å². The normalized spacial score (nSPS) is 11.8. The van der Waals surface area contributed by atoms with Crippen LogP contribution in [-0.4, -0.2) is 24.9 Å². The van der Waals surface area contributed by atoms with E-state index in [1.165, 1.54) is 0 Å². The molecule has 0 bridgehead atoms. The van der Waals surface area contributed by atoms with Gasteiger partial charge in [-0.15, -0.1) is 22.0 Å². The van der Waals surface area contributed by atoms with Gasteiger partial charge in [0.15, 0.2) is 0 Å². The summed E-state index contributed by atoms with van der Waals surface area (Å²) in [5.74, 6) is 2.26. The van der Waals surface area contributed by atoms with E-state index in [4.69, 9.17) is 4.42 Å². The van der Waals surface area contributed by atoms with E-state index in [1.807, 2.05) is 12.1 Å². The molecule has 0 aliphatic heterocycles. The SMILES string of the molecule is CS(=O)(=O)c1nnc(CSCc2ccco2)s1. The first-order valence-electron chi connectivity index (χ1n) is 4.68. The molecule has 0 saturated carbocycles. The van der Waals surface area contributed by atoms with Crippen molar-refractivity contribution >= 4 is 32.9 Å². The highest BCUT2D eigenvalue weighted by atomic mass is 32.2. The zero-order chi connectivity index (χ0) is 12.3. The van der Waals surface area contributed by atoms with E-state index >= 15 is 0 Å². The summed E-state index contributed by atoms with van der Waals surface area (Å²) in [6.45, 7) is 0. The van der Waals surface area contributed by atoms with Crippen molar-refractivity contribution in [1.29, 1.82) is 0 Å². The highest BCUT2D eigenvalue weighted by molar-refractivity contribution is 7.97. The Morgan fingerprint density at radius 3 is 2.82 bits per heavy atom. The molecular weight excluding hydrogens is 280 g/mol. The third kappa shape index (κ3) is 3.55. The minimum Gasteiger partial charge on any atom is -0.468 e. The minimum absolute atomic E-state index is 0.0751. The number of furan rings is 1. The quantitative estimate of drug-likeness (QED) is 0.838. The Hall–Kier alpha value is -0.860. The molecule has 2 heterocycles. The molecule has 0 unspecified atom stereocenters. The van der Waals surface area contributed by atoms with Crippen LogP contribution in [0.4, 0.5) is 0 Å². The second-order valence-electron chi connectivity index (χ2n) is 3.31. The number of sulfone groups is 1. The van der Waals surface area contributed by atoms with Gasteiger partial charge in [-0.25, -0.2) is 8.42 Å². The number of hydrogen-bond donors (Lipinski definition) is 0. The molecule has 2 rings (SSSR count). The maximum Gasteiger partial charge on any atom is 0.232 e. The summed E-state index contributed by atoms with van der Waals surface area (Å²) in [7, 11) is -3.23. The van der Waals surface area contributed by atoms with Crippen LogP contribution in [0.15, 0.2) is 27.2 Å². The van der Waals surface area contributed by atoms with Crippen LogP contribution >= 0.6 is 23.1 Å². The molecule has 17 heavy (non-hydrogen) atoms. The molecule has 0 aromatic carbocycles. The summed E-state index contributed by atoms with van der Waals surface area (Å²) in [4.78, 5) is 0. The molecule has 0 spiro atoms. The first-order valence-corrected chi connectivity index (χ1v) is 8.54. The molecule has 0 fully saturated rings. The summed E-state index contributed by atoms with van der Waals surface area (Å²) in [5.41, 5.74) is 0. The number of nitrogens with zero attached hydrogens (tertiary/aromatic N) is 2. The summed E-state index contributed by atoms with van der Waals surface area (Å²) in [5, 5.41) is 8.20. The first kappa shape index (κ1) is 12.6. The largest absolute Gasteiger partial charge is 0.468 e. The van der Waals surface area contributed by atoms with Crippen molar-refractivity contribution < 1.29 is 12.8 Å². The fourth-order valence-corrected chi connectivity index (χ4v) is 3.71. The maximum absolute atomic E-state index is 11.2. The van der Waals surface area contributed by atoms with E-state index in [2.05, 4.69) is 10.2 Å². The van der Waals surface area contributed by atoms with Crippen molar-refractivity contribution in [3.8, 4) is 0 Å². The number of aromatic nitrogens is 2. The van der Waals surface area contributed by atoms with Gasteiger partial charge in [0.2, 0.25) is 14.2 Å². The van der Waals surface area contributed by atoms with E-state index in [-0.39, 0.29) is 4.34 Å². The highest BCUT2D eigenvalue weighted by Crippen LogP contribution is 2.22. The fraction of sp³-hybridized carbons (Fsp3) is 0.333. The van der Waals surface area contributed by atoms with Gasteiger partial charge in [-0.2, -0.15) is 0 Å². The van der Waals surface area contributed by atoms with Crippen molar-refractivity contribution in [3.63, 3.8) is 0 Å². The molecule has 0 aliphatic rings. The van der Waals surface area contributed by atoms with Gasteiger partial charge in [-0.1, -0.05) is 11.3 Å². The zero-order valence-corrected chi connectivity index (χ0v) is 11.4. The van der Waals surface area contributed by atoms with Crippen LogP contribution in [0.2, 0.25) is 0 Å². The first-order chi connectivity index (χ1) is 8.05. The van der Waals surface area contributed by atoms with Crippen molar-refractivity contribution in [2.45, 2.75) is 15.8 Å². The predicted octanol–water partition coefficient (Wildman–Crippen LogP) is 1.97. The molecule has 0 saturated heterocycles. The van der Waals surface area contributed by atoms with E-state index in [0.717, 1.165) is 29.1 Å². The van der Waals surface area contributed by atoms with Gasteiger partial charge in [0.1, 0.15) is 10.8 Å². The lowest BCUT2D eigenvalue weighted by Gasteiger charge is -1.94. The lowest BCUT2D eigenvalue weighted by molar-refractivity contribution is 0.530. The van der Waals surface area contributed by atoms with Crippen molar-refractivity contribution in [1.82, 2.24) is 10.2 Å². The Bertz CT molecular complexity index is 574. The number of rotatable bonds is 5. The van der Waals surface area contributed by atoms with Crippen molar-refractivity contribution in [2.75, 3.05) is 6.26 Å². The van der Waals surface area contributed by atoms with Gasteiger partial charge in [-0.3, -0.25) is 0 Å². The molecular formula is C9H10N2O3S3. The molecule has 0 radical (unpaired) electrons. The molecule has 2 aromatic heterocycles. The Kier molecular flexibility index (Phi) is 3.85. The van der Waals surface area contributed by atoms with Gasteiger partial charge in [0, 0.05) is 12.0 Å². The Balaban J connectivity index is 1.90. The van der Waals surface area contributed by atoms with Crippen LogP contribution in [0.3, 0.4) is 0 Å². The summed E-state index contributed by atoms with van der Waals surface area (Å²) in [6, 6.07) is 3.73. The Morgan fingerprint density at radius 1 is 1.41 bits per heavy atom. The van der Waals surface area contributed by atoms with E-state index in [0.29, 0.717) is 10.8 Å².